The zero-order valence-corrected chi connectivity index (χ0v) is 17.0. The van der Waals surface area contributed by atoms with E-state index in [4.69, 9.17) is 23.2 Å². The Hall–Kier alpha value is -1.44. The molecule has 8 heteroatoms. The molecule has 5 nitrogen and oxygen atoms in total. The minimum absolute atomic E-state index is 0.109. The summed E-state index contributed by atoms with van der Waals surface area (Å²) >= 11 is 13.7. The molecule has 2 aromatic rings. The Morgan fingerprint density at radius 2 is 1.89 bits per heavy atom. The van der Waals surface area contributed by atoms with Crippen LogP contribution in [0, 0.1) is 0 Å². The van der Waals surface area contributed by atoms with Gasteiger partial charge in [-0.05, 0) is 30.2 Å². The van der Waals surface area contributed by atoms with E-state index in [9.17, 15) is 4.79 Å². The van der Waals surface area contributed by atoms with Gasteiger partial charge >= 0.3 is 6.03 Å². The molecular weight excluding hydrogens is 403 g/mol. The first-order chi connectivity index (χ1) is 13.0. The number of rotatable bonds is 4. The first kappa shape index (κ1) is 18.9. The number of carbonyl (C=O) groups excluding carboxylic acids is 1. The third-order valence-corrected chi connectivity index (χ3v) is 6.71. The molecule has 0 aliphatic carbocycles. The molecule has 2 saturated heterocycles. The van der Waals surface area contributed by atoms with E-state index >= 15 is 0 Å². The maximum absolute atomic E-state index is 12.6. The van der Waals surface area contributed by atoms with Crippen LogP contribution < -0.4 is 16.1 Å². The van der Waals surface area contributed by atoms with Crippen LogP contribution in [-0.4, -0.2) is 28.7 Å². The van der Waals surface area contributed by atoms with E-state index in [1.54, 1.807) is 22.8 Å². The minimum atomic E-state index is -0.188. The quantitative estimate of drug-likeness (QED) is 0.692. The van der Waals surface area contributed by atoms with Crippen LogP contribution in [0.25, 0.3) is 0 Å². The first-order valence-corrected chi connectivity index (χ1v) is 10.6. The Labute approximate surface area is 172 Å². The molecule has 2 heterocycles. The molecule has 0 aromatic heterocycles. The largest absolute Gasteiger partial charge is 0.335 e. The van der Waals surface area contributed by atoms with E-state index in [1.165, 1.54) is 5.56 Å². The summed E-state index contributed by atoms with van der Waals surface area (Å²) in [5, 5.41) is 9.30. The van der Waals surface area contributed by atoms with Gasteiger partial charge in [0.05, 0.1) is 10.0 Å². The highest BCUT2D eigenvalue weighted by molar-refractivity contribution is 7.99. The Morgan fingerprint density at radius 1 is 1.11 bits per heavy atom. The van der Waals surface area contributed by atoms with Crippen molar-refractivity contribution in [1.82, 2.24) is 21.1 Å². The van der Waals surface area contributed by atoms with Gasteiger partial charge in [-0.3, -0.25) is 5.32 Å². The summed E-state index contributed by atoms with van der Waals surface area (Å²) in [6, 6.07) is 15.9. The van der Waals surface area contributed by atoms with Crippen molar-refractivity contribution in [3.8, 4) is 0 Å². The van der Waals surface area contributed by atoms with Crippen LogP contribution in [0.4, 0.5) is 4.79 Å². The number of urea groups is 1. The van der Waals surface area contributed by atoms with Crippen LogP contribution >= 0.6 is 35.0 Å². The van der Waals surface area contributed by atoms with Gasteiger partial charge in [0.25, 0.3) is 0 Å². The van der Waals surface area contributed by atoms with Crippen LogP contribution in [0.1, 0.15) is 24.0 Å². The third kappa shape index (κ3) is 3.91. The number of carbonyl (C=O) groups is 1. The van der Waals surface area contributed by atoms with Crippen molar-refractivity contribution in [1.29, 1.82) is 0 Å². The lowest BCUT2D eigenvalue weighted by molar-refractivity contribution is 0.127. The topological polar surface area (TPSA) is 56.4 Å². The maximum atomic E-state index is 12.6. The van der Waals surface area contributed by atoms with E-state index in [-0.39, 0.29) is 29.7 Å². The van der Waals surface area contributed by atoms with Gasteiger partial charge in [0.15, 0.2) is 0 Å². The smallest absolute Gasteiger partial charge is 0.312 e. The average molecular weight is 423 g/mol. The molecule has 2 aliphatic rings. The molecule has 0 radical (unpaired) electrons. The van der Waals surface area contributed by atoms with Crippen molar-refractivity contribution in [3.63, 3.8) is 0 Å². The highest BCUT2D eigenvalue weighted by Gasteiger charge is 2.46. The van der Waals surface area contributed by atoms with E-state index < -0.39 is 0 Å². The molecule has 142 valence electrons. The summed E-state index contributed by atoms with van der Waals surface area (Å²) < 4.78 is 0. The van der Waals surface area contributed by atoms with Gasteiger partial charge in [0.2, 0.25) is 0 Å². The zero-order chi connectivity index (χ0) is 19.0. The highest BCUT2D eigenvalue weighted by Crippen LogP contribution is 2.34. The monoisotopic (exact) mass is 422 g/mol. The second-order valence-corrected chi connectivity index (χ2v) is 8.63. The van der Waals surface area contributed by atoms with Gasteiger partial charge in [-0.2, -0.15) is 0 Å². The average Bonchev–Trinajstić information content (AvgIpc) is 3.00. The van der Waals surface area contributed by atoms with E-state index in [1.807, 2.05) is 30.3 Å². The number of hydrazine groups is 1. The summed E-state index contributed by atoms with van der Waals surface area (Å²) in [7, 11) is 0. The third-order valence-electron chi connectivity index (χ3n) is 4.88. The van der Waals surface area contributed by atoms with Gasteiger partial charge in [-0.25, -0.2) is 15.2 Å². The molecule has 0 saturated carbocycles. The number of hydrogen-bond acceptors (Lipinski definition) is 4. The normalized spacial score (nSPS) is 27.4. The second kappa shape index (κ2) is 7.89. The fourth-order valence-corrected chi connectivity index (χ4v) is 4.88. The van der Waals surface area contributed by atoms with E-state index in [2.05, 4.69) is 35.1 Å². The van der Waals surface area contributed by atoms with Gasteiger partial charge in [-0.1, -0.05) is 59.6 Å². The predicted molar refractivity (Wildman–Crippen MR) is 111 cm³/mol. The summed E-state index contributed by atoms with van der Waals surface area (Å²) in [6.07, 6.45) is -0.109. The lowest BCUT2D eigenvalue weighted by atomic mass is 9.91. The fourth-order valence-electron chi connectivity index (χ4n) is 3.60. The van der Waals surface area contributed by atoms with Gasteiger partial charge in [0, 0.05) is 17.7 Å². The molecule has 2 amide bonds. The molecule has 4 rings (SSSR count). The Morgan fingerprint density at radius 3 is 2.63 bits per heavy atom. The standard InChI is InChI=1S/C19H20Cl2N4OS/c1-11-16(13-5-3-2-4-6-13)17-22-18(23-19(26)25(17)24-11)27-10-12-7-8-14(20)15(21)9-12/h2-9,11,16-18,22,24H,10H2,1H3,(H,23,26). The predicted octanol–water partition coefficient (Wildman–Crippen LogP) is 4.14. The number of nitrogens with one attached hydrogen (secondary N) is 3. The molecule has 0 spiro atoms. The van der Waals surface area contributed by atoms with Crippen molar-refractivity contribution in [3.05, 3.63) is 69.7 Å². The van der Waals surface area contributed by atoms with Crippen LogP contribution in [0.5, 0.6) is 0 Å². The lowest BCUT2D eigenvalue weighted by Crippen LogP contribution is -2.65. The van der Waals surface area contributed by atoms with Gasteiger partial charge in [0.1, 0.15) is 11.7 Å². The number of thioether (sulfide) groups is 1. The molecule has 4 unspecified atom stereocenters. The van der Waals surface area contributed by atoms with E-state index in [0.29, 0.717) is 15.8 Å². The molecule has 3 N–H and O–H groups in total. The van der Waals surface area contributed by atoms with Crippen LogP contribution in [-0.2, 0) is 5.75 Å². The Balaban J connectivity index is 1.47. The Kier molecular flexibility index (Phi) is 5.53. The number of benzene rings is 2. The van der Waals surface area contributed by atoms with Crippen LogP contribution in [0.15, 0.2) is 48.5 Å². The van der Waals surface area contributed by atoms with Crippen LogP contribution in [0.2, 0.25) is 10.0 Å². The van der Waals surface area contributed by atoms with Crippen molar-refractivity contribution >= 4 is 41.0 Å². The SMILES string of the molecule is CC1NN2C(=O)NC(SCc3ccc(Cl)c(Cl)c3)NC2C1c1ccccc1. The number of fused-ring (bicyclic) bond motifs is 1. The molecule has 2 aromatic carbocycles. The van der Waals surface area contributed by atoms with Gasteiger partial charge in [-0.15, -0.1) is 11.8 Å². The number of amides is 2. The molecule has 2 aliphatic heterocycles. The first-order valence-electron chi connectivity index (χ1n) is 8.75. The fraction of sp³-hybridized carbons (Fsp3) is 0.316. The van der Waals surface area contributed by atoms with Crippen molar-refractivity contribution in [2.75, 3.05) is 0 Å². The molecule has 0 bridgehead atoms. The summed E-state index contributed by atoms with van der Waals surface area (Å²) in [5.41, 5.74) is 5.36. The number of nitrogens with zero attached hydrogens (tertiary/aromatic N) is 1. The van der Waals surface area contributed by atoms with Crippen molar-refractivity contribution in [2.24, 2.45) is 0 Å². The van der Waals surface area contributed by atoms with E-state index in [0.717, 1.165) is 5.56 Å². The van der Waals surface area contributed by atoms with Gasteiger partial charge < -0.3 is 5.32 Å². The number of hydrogen-bond donors (Lipinski definition) is 3. The summed E-state index contributed by atoms with van der Waals surface area (Å²) in [5.74, 6) is 0.880. The second-order valence-electron chi connectivity index (χ2n) is 6.72. The lowest BCUT2D eigenvalue weighted by Gasteiger charge is -2.37. The summed E-state index contributed by atoms with van der Waals surface area (Å²) in [6.45, 7) is 2.10. The molecule has 4 atom stereocenters. The molecular formula is C19H20Cl2N4OS. The minimum Gasteiger partial charge on any atom is -0.312 e. The highest BCUT2D eigenvalue weighted by atomic mass is 35.5. The van der Waals surface area contributed by atoms with Crippen molar-refractivity contribution < 1.29 is 4.79 Å². The zero-order valence-electron chi connectivity index (χ0n) is 14.7. The van der Waals surface area contributed by atoms with Crippen molar-refractivity contribution in [2.45, 2.75) is 36.3 Å². The van der Waals surface area contributed by atoms with Crippen LogP contribution in [0.3, 0.4) is 0 Å². The molecule has 27 heavy (non-hydrogen) atoms. The maximum Gasteiger partial charge on any atom is 0.335 e. The molecule has 2 fully saturated rings. The summed E-state index contributed by atoms with van der Waals surface area (Å²) in [4.78, 5) is 12.6. The number of halogens is 2. The Bertz CT molecular complexity index is 838.